The largest absolute Gasteiger partial charge is 0.337 e. The lowest BCUT2D eigenvalue weighted by molar-refractivity contribution is 0.532. The molecule has 92 valence electrons. The third-order valence-electron chi connectivity index (χ3n) is 2.66. The summed E-state index contributed by atoms with van der Waals surface area (Å²) in [5, 5.41) is 16.5. The predicted molar refractivity (Wildman–Crippen MR) is 69.6 cm³/mol. The molecule has 2 heterocycles. The number of rotatable bonds is 3. The first-order chi connectivity index (χ1) is 8.61. The third kappa shape index (κ3) is 2.33. The van der Waals surface area contributed by atoms with Crippen LogP contribution in [0.3, 0.4) is 0 Å². The van der Waals surface area contributed by atoms with E-state index in [1.807, 2.05) is 23.9 Å². The molecule has 18 heavy (non-hydrogen) atoms. The smallest absolute Gasteiger partial charge is 0.148 e. The summed E-state index contributed by atoms with van der Waals surface area (Å²) in [5.74, 6) is 0.570. The number of nitriles is 1. The highest BCUT2D eigenvalue weighted by atomic mass is 15.3. The zero-order valence-corrected chi connectivity index (χ0v) is 10.7. The third-order valence-corrected chi connectivity index (χ3v) is 2.66. The monoisotopic (exact) mass is 241 g/mol. The lowest BCUT2D eigenvalue weighted by atomic mass is 10.1. The van der Waals surface area contributed by atoms with Gasteiger partial charge in [-0.15, -0.1) is 0 Å². The molecule has 0 saturated heterocycles. The van der Waals surface area contributed by atoms with Gasteiger partial charge >= 0.3 is 0 Å². The summed E-state index contributed by atoms with van der Waals surface area (Å²) in [6, 6.07) is 4.29. The van der Waals surface area contributed by atoms with Gasteiger partial charge in [0.05, 0.1) is 17.4 Å². The van der Waals surface area contributed by atoms with E-state index in [-0.39, 0.29) is 0 Å². The summed E-state index contributed by atoms with van der Waals surface area (Å²) in [6.07, 6.45) is 5.31. The van der Waals surface area contributed by atoms with Crippen molar-refractivity contribution < 1.29 is 0 Å². The van der Waals surface area contributed by atoms with E-state index in [9.17, 15) is 0 Å². The van der Waals surface area contributed by atoms with Crippen LogP contribution in [0.4, 0.5) is 11.5 Å². The second-order valence-electron chi connectivity index (χ2n) is 4.39. The van der Waals surface area contributed by atoms with Gasteiger partial charge in [-0.1, -0.05) is 0 Å². The maximum absolute atomic E-state index is 9.12. The molecule has 0 unspecified atom stereocenters. The summed E-state index contributed by atoms with van der Waals surface area (Å²) < 4.78 is 1.85. The molecule has 2 aromatic heterocycles. The number of anilines is 2. The van der Waals surface area contributed by atoms with E-state index in [0.717, 1.165) is 11.3 Å². The molecule has 0 aliphatic rings. The molecule has 0 radical (unpaired) electrons. The standard InChI is InChI=1S/C13H15N5/c1-9(2)18-8-11(7-16-18)17-13-12(6-14)10(3)4-5-15-13/h4-5,7-9H,1-3H3,(H,15,17). The van der Waals surface area contributed by atoms with Crippen molar-refractivity contribution in [2.24, 2.45) is 0 Å². The van der Waals surface area contributed by atoms with Crippen LogP contribution in [0, 0.1) is 18.3 Å². The zero-order valence-electron chi connectivity index (χ0n) is 10.7. The molecule has 0 fully saturated rings. The van der Waals surface area contributed by atoms with Crippen molar-refractivity contribution in [1.29, 1.82) is 5.26 Å². The fourth-order valence-corrected chi connectivity index (χ4v) is 1.62. The molecule has 0 aliphatic carbocycles. The normalized spacial score (nSPS) is 10.4. The van der Waals surface area contributed by atoms with Crippen LogP contribution in [-0.4, -0.2) is 14.8 Å². The molecule has 5 nitrogen and oxygen atoms in total. The van der Waals surface area contributed by atoms with Gasteiger partial charge in [0.15, 0.2) is 0 Å². The van der Waals surface area contributed by atoms with Crippen LogP contribution in [0.1, 0.15) is 31.0 Å². The van der Waals surface area contributed by atoms with E-state index in [4.69, 9.17) is 5.26 Å². The molecule has 0 aromatic carbocycles. The quantitative estimate of drug-likeness (QED) is 0.897. The molecule has 2 aromatic rings. The average molecular weight is 241 g/mol. The molecular weight excluding hydrogens is 226 g/mol. The van der Waals surface area contributed by atoms with Gasteiger partial charge < -0.3 is 5.32 Å². The van der Waals surface area contributed by atoms with Gasteiger partial charge in [0, 0.05) is 18.4 Å². The van der Waals surface area contributed by atoms with E-state index in [2.05, 4.69) is 35.3 Å². The van der Waals surface area contributed by atoms with Crippen LogP contribution >= 0.6 is 0 Å². The van der Waals surface area contributed by atoms with Gasteiger partial charge in [0.2, 0.25) is 0 Å². The molecule has 0 aliphatic heterocycles. The minimum atomic E-state index is 0.307. The van der Waals surface area contributed by atoms with Gasteiger partial charge in [-0.25, -0.2) is 4.98 Å². The van der Waals surface area contributed by atoms with Crippen molar-refractivity contribution in [2.75, 3.05) is 5.32 Å². The SMILES string of the molecule is Cc1ccnc(Nc2cnn(C(C)C)c2)c1C#N. The second-order valence-corrected chi connectivity index (χ2v) is 4.39. The Morgan fingerprint density at radius 1 is 1.44 bits per heavy atom. The van der Waals surface area contributed by atoms with Gasteiger partial charge in [0.25, 0.3) is 0 Å². The first-order valence-electron chi connectivity index (χ1n) is 5.78. The predicted octanol–water partition coefficient (Wildman–Crippen LogP) is 2.78. The molecule has 0 saturated carbocycles. The summed E-state index contributed by atoms with van der Waals surface area (Å²) >= 11 is 0. The lowest BCUT2D eigenvalue weighted by Gasteiger charge is -2.06. The minimum absolute atomic E-state index is 0.307. The van der Waals surface area contributed by atoms with E-state index in [1.54, 1.807) is 12.4 Å². The molecule has 2 rings (SSSR count). The Morgan fingerprint density at radius 3 is 2.83 bits per heavy atom. The molecular formula is C13H15N5. The van der Waals surface area contributed by atoms with Crippen molar-refractivity contribution >= 4 is 11.5 Å². The van der Waals surface area contributed by atoms with Crippen molar-refractivity contribution in [2.45, 2.75) is 26.8 Å². The average Bonchev–Trinajstić information content (AvgIpc) is 2.78. The fourth-order valence-electron chi connectivity index (χ4n) is 1.62. The van der Waals surface area contributed by atoms with Crippen molar-refractivity contribution in [1.82, 2.24) is 14.8 Å². The van der Waals surface area contributed by atoms with Crippen molar-refractivity contribution in [3.8, 4) is 6.07 Å². The summed E-state index contributed by atoms with van der Waals surface area (Å²) in [5.41, 5.74) is 2.30. The van der Waals surface area contributed by atoms with Crippen LogP contribution < -0.4 is 5.32 Å². The Balaban J connectivity index is 2.29. The number of hydrogen-bond donors (Lipinski definition) is 1. The Hall–Kier alpha value is -2.35. The zero-order chi connectivity index (χ0) is 13.1. The number of aromatic nitrogens is 3. The summed E-state index contributed by atoms with van der Waals surface area (Å²) in [7, 11) is 0. The lowest BCUT2D eigenvalue weighted by Crippen LogP contribution is -2.00. The maximum atomic E-state index is 9.12. The number of pyridine rings is 1. The van der Waals surface area contributed by atoms with Crippen molar-refractivity contribution in [3.05, 3.63) is 35.8 Å². The van der Waals surface area contributed by atoms with Crippen molar-refractivity contribution in [3.63, 3.8) is 0 Å². The number of hydrogen-bond acceptors (Lipinski definition) is 4. The molecule has 0 bridgehead atoms. The summed E-state index contributed by atoms with van der Waals surface area (Å²) in [4.78, 5) is 4.19. The fraction of sp³-hybridized carbons (Fsp3) is 0.308. The summed E-state index contributed by atoms with van der Waals surface area (Å²) in [6.45, 7) is 6.01. The molecule has 0 atom stereocenters. The molecule has 5 heteroatoms. The van der Waals surface area contributed by atoms with Crippen LogP contribution in [0.2, 0.25) is 0 Å². The number of nitrogens with zero attached hydrogens (tertiary/aromatic N) is 4. The van der Waals surface area contributed by atoms with Gasteiger partial charge in [-0.2, -0.15) is 10.4 Å². The molecule has 0 amide bonds. The first kappa shape index (κ1) is 12.1. The topological polar surface area (TPSA) is 66.5 Å². The highest BCUT2D eigenvalue weighted by Crippen LogP contribution is 2.20. The van der Waals surface area contributed by atoms with E-state index in [0.29, 0.717) is 17.4 Å². The second kappa shape index (κ2) is 4.88. The van der Waals surface area contributed by atoms with Crippen LogP contribution in [0.15, 0.2) is 24.7 Å². The number of nitrogens with one attached hydrogen (secondary N) is 1. The number of aryl methyl sites for hydroxylation is 1. The Bertz CT molecular complexity index is 592. The van der Waals surface area contributed by atoms with E-state index in [1.165, 1.54) is 0 Å². The minimum Gasteiger partial charge on any atom is -0.337 e. The highest BCUT2D eigenvalue weighted by Gasteiger charge is 2.08. The van der Waals surface area contributed by atoms with Gasteiger partial charge in [-0.05, 0) is 32.4 Å². The molecule has 0 spiro atoms. The van der Waals surface area contributed by atoms with E-state index >= 15 is 0 Å². The first-order valence-corrected chi connectivity index (χ1v) is 5.78. The van der Waals surface area contributed by atoms with Crippen LogP contribution in [0.25, 0.3) is 0 Å². The molecule has 1 N–H and O–H groups in total. The Morgan fingerprint density at radius 2 is 2.22 bits per heavy atom. The van der Waals surface area contributed by atoms with Crippen LogP contribution in [0.5, 0.6) is 0 Å². The van der Waals surface area contributed by atoms with Gasteiger partial charge in [0.1, 0.15) is 11.9 Å². The van der Waals surface area contributed by atoms with Gasteiger partial charge in [-0.3, -0.25) is 4.68 Å². The highest BCUT2D eigenvalue weighted by molar-refractivity contribution is 5.63. The Kier molecular flexibility index (Phi) is 3.28. The van der Waals surface area contributed by atoms with Crippen LogP contribution in [-0.2, 0) is 0 Å². The van der Waals surface area contributed by atoms with E-state index < -0.39 is 0 Å². The maximum Gasteiger partial charge on any atom is 0.148 e. The Labute approximate surface area is 106 Å².